The monoisotopic (exact) mass is 197 g/mol. The van der Waals surface area contributed by atoms with Crippen molar-refractivity contribution in [1.82, 2.24) is 4.98 Å². The number of hydrogen-bond acceptors (Lipinski definition) is 0. The first-order chi connectivity index (χ1) is 6.11. The molecule has 0 unspecified atom stereocenters. The smallest absolute Gasteiger partial charge is 0.147 e. The molecule has 1 nitrogen and oxygen atoms in total. The standard InChI is InChI=1S/C10H9ClFN/c1-5-3-8(12)10-9(6(5)2)7(11)4-13-10/h3-4,13H,1-2H3. The van der Waals surface area contributed by atoms with E-state index in [0.29, 0.717) is 10.5 Å². The molecule has 0 radical (unpaired) electrons. The normalized spacial score (nSPS) is 11.1. The molecular weight excluding hydrogens is 189 g/mol. The van der Waals surface area contributed by atoms with Crippen LogP contribution in [0.2, 0.25) is 5.02 Å². The van der Waals surface area contributed by atoms with Crippen molar-refractivity contribution in [3.8, 4) is 0 Å². The Morgan fingerprint density at radius 2 is 2.08 bits per heavy atom. The highest BCUT2D eigenvalue weighted by molar-refractivity contribution is 6.35. The number of H-pyrrole nitrogens is 1. The number of hydrogen-bond donors (Lipinski definition) is 1. The maximum absolute atomic E-state index is 13.4. The van der Waals surface area contributed by atoms with E-state index in [9.17, 15) is 4.39 Å². The molecule has 0 aliphatic heterocycles. The topological polar surface area (TPSA) is 15.8 Å². The van der Waals surface area contributed by atoms with Crippen LogP contribution in [-0.2, 0) is 0 Å². The molecule has 0 atom stereocenters. The van der Waals surface area contributed by atoms with Gasteiger partial charge < -0.3 is 4.98 Å². The van der Waals surface area contributed by atoms with Crippen LogP contribution in [0.1, 0.15) is 11.1 Å². The number of halogens is 2. The molecule has 0 saturated carbocycles. The highest BCUT2D eigenvalue weighted by atomic mass is 35.5. The molecule has 0 bridgehead atoms. The first-order valence-electron chi connectivity index (χ1n) is 4.03. The quantitative estimate of drug-likeness (QED) is 0.665. The van der Waals surface area contributed by atoms with Crippen LogP contribution in [0.4, 0.5) is 4.39 Å². The highest BCUT2D eigenvalue weighted by Gasteiger charge is 2.10. The Morgan fingerprint density at radius 3 is 2.77 bits per heavy atom. The molecule has 1 aromatic heterocycles. The van der Waals surface area contributed by atoms with Gasteiger partial charge in [0.1, 0.15) is 5.82 Å². The van der Waals surface area contributed by atoms with E-state index in [1.54, 1.807) is 6.20 Å². The van der Waals surface area contributed by atoms with Crippen LogP contribution in [0.5, 0.6) is 0 Å². The Labute approximate surface area is 80.5 Å². The molecule has 0 aliphatic carbocycles. The van der Waals surface area contributed by atoms with Gasteiger partial charge in [-0.3, -0.25) is 0 Å². The summed E-state index contributed by atoms with van der Waals surface area (Å²) < 4.78 is 13.4. The summed E-state index contributed by atoms with van der Waals surface area (Å²) in [6.07, 6.45) is 1.61. The second-order valence-corrected chi connectivity index (χ2v) is 3.59. The summed E-state index contributed by atoms with van der Waals surface area (Å²) >= 11 is 5.92. The lowest BCUT2D eigenvalue weighted by molar-refractivity contribution is 0.636. The van der Waals surface area contributed by atoms with Crippen LogP contribution in [0.25, 0.3) is 10.9 Å². The van der Waals surface area contributed by atoms with Crippen LogP contribution in [0, 0.1) is 19.7 Å². The predicted octanol–water partition coefficient (Wildman–Crippen LogP) is 3.58. The molecule has 0 spiro atoms. The summed E-state index contributed by atoms with van der Waals surface area (Å²) in [5.41, 5.74) is 2.45. The summed E-state index contributed by atoms with van der Waals surface area (Å²) in [6, 6.07) is 1.52. The summed E-state index contributed by atoms with van der Waals surface area (Å²) in [5, 5.41) is 1.37. The third-order valence-electron chi connectivity index (χ3n) is 2.38. The lowest BCUT2D eigenvalue weighted by Gasteiger charge is -2.02. The van der Waals surface area contributed by atoms with Crippen molar-refractivity contribution in [1.29, 1.82) is 0 Å². The van der Waals surface area contributed by atoms with Crippen LogP contribution in [0.3, 0.4) is 0 Å². The van der Waals surface area contributed by atoms with Crippen LogP contribution in [0.15, 0.2) is 12.3 Å². The third kappa shape index (κ3) is 1.13. The average molecular weight is 198 g/mol. The van der Waals surface area contributed by atoms with E-state index in [1.807, 2.05) is 13.8 Å². The number of aryl methyl sites for hydroxylation is 2. The number of fused-ring (bicyclic) bond motifs is 1. The molecule has 1 aromatic carbocycles. The Hall–Kier alpha value is -1.02. The minimum atomic E-state index is -0.245. The van der Waals surface area contributed by atoms with E-state index >= 15 is 0 Å². The Morgan fingerprint density at radius 1 is 1.38 bits per heavy atom. The van der Waals surface area contributed by atoms with Crippen molar-refractivity contribution >= 4 is 22.5 Å². The van der Waals surface area contributed by atoms with Gasteiger partial charge in [-0.05, 0) is 31.0 Å². The maximum atomic E-state index is 13.4. The molecule has 0 amide bonds. The zero-order valence-corrected chi connectivity index (χ0v) is 8.17. The molecule has 2 rings (SSSR count). The molecule has 1 heterocycles. The Kier molecular flexibility index (Phi) is 1.81. The number of aromatic amines is 1. The van der Waals surface area contributed by atoms with Crippen molar-refractivity contribution < 1.29 is 4.39 Å². The fraction of sp³-hybridized carbons (Fsp3) is 0.200. The third-order valence-corrected chi connectivity index (χ3v) is 2.68. The first-order valence-corrected chi connectivity index (χ1v) is 4.41. The lowest BCUT2D eigenvalue weighted by atomic mass is 10.1. The predicted molar refractivity (Wildman–Crippen MR) is 52.7 cm³/mol. The van der Waals surface area contributed by atoms with Crippen LogP contribution in [-0.4, -0.2) is 4.98 Å². The summed E-state index contributed by atoms with van der Waals surface area (Å²) in [5.74, 6) is -0.245. The molecule has 0 saturated heterocycles. The fourth-order valence-electron chi connectivity index (χ4n) is 1.52. The van der Waals surface area contributed by atoms with Gasteiger partial charge in [0, 0.05) is 11.6 Å². The van der Waals surface area contributed by atoms with Crippen molar-refractivity contribution in [2.24, 2.45) is 0 Å². The second kappa shape index (κ2) is 2.74. The number of benzene rings is 1. The number of nitrogens with one attached hydrogen (secondary N) is 1. The van der Waals surface area contributed by atoms with E-state index in [2.05, 4.69) is 4.98 Å². The van der Waals surface area contributed by atoms with Crippen LogP contribution >= 0.6 is 11.6 Å². The van der Waals surface area contributed by atoms with Gasteiger partial charge in [-0.25, -0.2) is 4.39 Å². The largest absolute Gasteiger partial charge is 0.357 e. The van der Waals surface area contributed by atoms with E-state index in [1.165, 1.54) is 6.07 Å². The van der Waals surface area contributed by atoms with Gasteiger partial charge in [-0.15, -0.1) is 0 Å². The lowest BCUT2D eigenvalue weighted by Crippen LogP contribution is -1.86. The van der Waals surface area contributed by atoms with Gasteiger partial charge in [-0.2, -0.15) is 0 Å². The maximum Gasteiger partial charge on any atom is 0.147 e. The molecule has 0 aliphatic rings. The molecule has 0 fully saturated rings. The fourth-order valence-corrected chi connectivity index (χ4v) is 1.81. The van der Waals surface area contributed by atoms with E-state index in [0.717, 1.165) is 16.5 Å². The number of aromatic nitrogens is 1. The minimum absolute atomic E-state index is 0.245. The zero-order valence-electron chi connectivity index (χ0n) is 7.41. The zero-order chi connectivity index (χ0) is 9.59. The van der Waals surface area contributed by atoms with Gasteiger partial charge in [0.05, 0.1) is 10.5 Å². The van der Waals surface area contributed by atoms with E-state index in [-0.39, 0.29) is 5.82 Å². The average Bonchev–Trinajstić information content (AvgIpc) is 2.44. The second-order valence-electron chi connectivity index (χ2n) is 3.19. The molecule has 13 heavy (non-hydrogen) atoms. The van der Waals surface area contributed by atoms with Crippen molar-refractivity contribution in [2.45, 2.75) is 13.8 Å². The molecule has 2 aromatic rings. The summed E-state index contributed by atoms with van der Waals surface area (Å²) in [7, 11) is 0. The Balaban J connectivity index is 3.00. The van der Waals surface area contributed by atoms with Gasteiger partial charge >= 0.3 is 0 Å². The summed E-state index contributed by atoms with van der Waals surface area (Å²) in [4.78, 5) is 2.82. The van der Waals surface area contributed by atoms with Crippen LogP contribution < -0.4 is 0 Å². The highest BCUT2D eigenvalue weighted by Crippen LogP contribution is 2.29. The van der Waals surface area contributed by atoms with E-state index < -0.39 is 0 Å². The van der Waals surface area contributed by atoms with Gasteiger partial charge in [-0.1, -0.05) is 11.6 Å². The molecular formula is C10H9ClFN. The van der Waals surface area contributed by atoms with Gasteiger partial charge in [0.15, 0.2) is 0 Å². The molecule has 68 valence electrons. The van der Waals surface area contributed by atoms with Crippen molar-refractivity contribution in [2.75, 3.05) is 0 Å². The SMILES string of the molecule is Cc1cc(F)c2[nH]cc(Cl)c2c1C. The first kappa shape index (κ1) is 8.57. The van der Waals surface area contributed by atoms with Gasteiger partial charge in [0.25, 0.3) is 0 Å². The van der Waals surface area contributed by atoms with Crippen molar-refractivity contribution in [3.05, 3.63) is 34.2 Å². The Bertz CT molecular complexity index is 473. The van der Waals surface area contributed by atoms with Crippen molar-refractivity contribution in [3.63, 3.8) is 0 Å². The molecule has 1 N–H and O–H groups in total. The van der Waals surface area contributed by atoms with Gasteiger partial charge in [0.2, 0.25) is 0 Å². The van der Waals surface area contributed by atoms with E-state index in [4.69, 9.17) is 11.6 Å². The minimum Gasteiger partial charge on any atom is -0.357 e. The molecule has 3 heteroatoms. The number of rotatable bonds is 0. The summed E-state index contributed by atoms with van der Waals surface area (Å²) in [6.45, 7) is 3.82.